The Morgan fingerprint density at radius 1 is 1.35 bits per heavy atom. The number of aromatic amines is 1. The summed E-state index contributed by atoms with van der Waals surface area (Å²) in [6.07, 6.45) is 1.69. The molecule has 3 N–H and O–H groups in total. The number of carbonyl (C=O) groups excluding carboxylic acids is 1. The van der Waals surface area contributed by atoms with Gasteiger partial charge in [0.1, 0.15) is 0 Å². The van der Waals surface area contributed by atoms with Crippen LogP contribution in [0.15, 0.2) is 36.5 Å². The van der Waals surface area contributed by atoms with Crippen LogP contribution in [0.25, 0.3) is 11.3 Å². The van der Waals surface area contributed by atoms with E-state index in [-0.39, 0.29) is 6.42 Å². The number of aromatic nitrogens is 2. The van der Waals surface area contributed by atoms with E-state index in [9.17, 15) is 4.79 Å². The average Bonchev–Trinajstić information content (AvgIpc) is 2.78. The first kappa shape index (κ1) is 11.0. The number of hydrogen-bond donors (Lipinski definition) is 2. The minimum atomic E-state index is -0.428. The molecular formula is C13H11N3O. The molecular weight excluding hydrogens is 214 g/mol. The fourth-order valence-electron chi connectivity index (χ4n) is 1.43. The van der Waals surface area contributed by atoms with Crippen LogP contribution in [-0.4, -0.2) is 16.1 Å². The molecule has 84 valence electrons. The maximum absolute atomic E-state index is 10.6. The number of carbonyl (C=O) groups is 1. The molecule has 2 aromatic rings. The highest BCUT2D eigenvalue weighted by molar-refractivity contribution is 5.77. The van der Waals surface area contributed by atoms with Crippen LogP contribution in [0, 0.1) is 11.8 Å². The summed E-state index contributed by atoms with van der Waals surface area (Å²) in [7, 11) is 0. The number of primary amides is 1. The zero-order valence-corrected chi connectivity index (χ0v) is 9.10. The van der Waals surface area contributed by atoms with Gasteiger partial charge in [0.25, 0.3) is 0 Å². The predicted octanol–water partition coefficient (Wildman–Crippen LogP) is 1.30. The van der Waals surface area contributed by atoms with Gasteiger partial charge in [-0.25, -0.2) is 0 Å². The number of H-pyrrole nitrogens is 1. The third kappa shape index (κ3) is 2.73. The number of amides is 1. The van der Waals surface area contributed by atoms with Gasteiger partial charge in [-0.3, -0.25) is 9.89 Å². The molecule has 0 fully saturated rings. The molecule has 0 saturated heterocycles. The Bertz CT molecular complexity index is 575. The van der Waals surface area contributed by atoms with E-state index in [0.717, 1.165) is 16.8 Å². The molecule has 1 heterocycles. The molecule has 17 heavy (non-hydrogen) atoms. The Kier molecular flexibility index (Phi) is 3.22. The minimum Gasteiger partial charge on any atom is -0.369 e. The van der Waals surface area contributed by atoms with E-state index >= 15 is 0 Å². The molecule has 0 saturated carbocycles. The van der Waals surface area contributed by atoms with Gasteiger partial charge in [-0.1, -0.05) is 42.2 Å². The molecule has 1 aromatic heterocycles. The van der Waals surface area contributed by atoms with Crippen molar-refractivity contribution in [1.82, 2.24) is 10.2 Å². The first-order chi connectivity index (χ1) is 8.27. The summed E-state index contributed by atoms with van der Waals surface area (Å²) in [5.74, 6) is 5.16. The van der Waals surface area contributed by atoms with E-state index in [1.807, 2.05) is 30.3 Å². The second-order valence-electron chi connectivity index (χ2n) is 3.47. The number of benzene rings is 1. The van der Waals surface area contributed by atoms with Gasteiger partial charge in [0.05, 0.1) is 23.9 Å². The molecule has 0 aliphatic rings. The Hall–Kier alpha value is -2.54. The van der Waals surface area contributed by atoms with Gasteiger partial charge in [-0.15, -0.1) is 0 Å². The van der Waals surface area contributed by atoms with E-state index in [0.29, 0.717) is 0 Å². The monoisotopic (exact) mass is 225 g/mol. The lowest BCUT2D eigenvalue weighted by molar-refractivity contribution is -0.117. The van der Waals surface area contributed by atoms with Gasteiger partial charge in [0.2, 0.25) is 5.91 Å². The summed E-state index contributed by atoms with van der Waals surface area (Å²) in [5, 5.41) is 6.84. The van der Waals surface area contributed by atoms with Crippen molar-refractivity contribution in [2.24, 2.45) is 5.73 Å². The van der Waals surface area contributed by atoms with Crippen LogP contribution in [0.4, 0.5) is 0 Å². The third-order valence-corrected chi connectivity index (χ3v) is 2.19. The highest BCUT2D eigenvalue weighted by Gasteiger charge is 2.04. The molecule has 0 unspecified atom stereocenters. The fraction of sp³-hybridized carbons (Fsp3) is 0.0769. The molecule has 0 atom stereocenters. The van der Waals surface area contributed by atoms with Crippen LogP contribution < -0.4 is 5.73 Å². The van der Waals surface area contributed by atoms with Crippen molar-refractivity contribution in [2.75, 3.05) is 0 Å². The Morgan fingerprint density at radius 2 is 2.12 bits per heavy atom. The second-order valence-corrected chi connectivity index (χ2v) is 3.47. The first-order valence-corrected chi connectivity index (χ1v) is 5.13. The number of nitrogens with two attached hydrogens (primary N) is 1. The molecule has 1 amide bonds. The van der Waals surface area contributed by atoms with Crippen molar-refractivity contribution in [3.05, 3.63) is 42.1 Å². The highest BCUT2D eigenvalue weighted by Crippen LogP contribution is 2.19. The Balaban J connectivity index is 2.28. The molecule has 4 heteroatoms. The topological polar surface area (TPSA) is 71.8 Å². The van der Waals surface area contributed by atoms with E-state index in [1.54, 1.807) is 6.20 Å². The van der Waals surface area contributed by atoms with E-state index in [1.165, 1.54) is 0 Å². The zero-order valence-electron chi connectivity index (χ0n) is 9.10. The lowest BCUT2D eigenvalue weighted by Crippen LogP contribution is -2.08. The molecule has 0 bridgehead atoms. The number of hydrogen-bond acceptors (Lipinski definition) is 2. The van der Waals surface area contributed by atoms with E-state index < -0.39 is 5.91 Å². The van der Waals surface area contributed by atoms with Crippen LogP contribution >= 0.6 is 0 Å². The lowest BCUT2D eigenvalue weighted by Gasteiger charge is -1.96. The lowest BCUT2D eigenvalue weighted by atomic mass is 10.1. The highest BCUT2D eigenvalue weighted by atomic mass is 16.1. The van der Waals surface area contributed by atoms with Gasteiger partial charge in [-0.05, 0) is 0 Å². The largest absolute Gasteiger partial charge is 0.369 e. The molecule has 0 aliphatic heterocycles. The van der Waals surface area contributed by atoms with Gasteiger partial charge >= 0.3 is 0 Å². The SMILES string of the molecule is NC(=O)CC#Cc1cn[nH]c1-c1ccccc1. The fourth-order valence-corrected chi connectivity index (χ4v) is 1.43. The summed E-state index contributed by atoms with van der Waals surface area (Å²) in [6, 6.07) is 9.76. The van der Waals surface area contributed by atoms with Crippen molar-refractivity contribution in [3.63, 3.8) is 0 Å². The van der Waals surface area contributed by atoms with Crippen molar-refractivity contribution in [3.8, 4) is 23.1 Å². The maximum Gasteiger partial charge on any atom is 0.229 e. The average molecular weight is 225 g/mol. The Morgan fingerprint density at radius 3 is 2.82 bits per heavy atom. The summed E-state index contributed by atoms with van der Waals surface area (Å²) in [5.41, 5.74) is 7.64. The molecule has 1 aromatic carbocycles. The summed E-state index contributed by atoms with van der Waals surface area (Å²) in [4.78, 5) is 10.6. The van der Waals surface area contributed by atoms with Crippen molar-refractivity contribution < 1.29 is 4.79 Å². The maximum atomic E-state index is 10.6. The normalized spacial score (nSPS) is 9.41. The predicted molar refractivity (Wildman–Crippen MR) is 64.7 cm³/mol. The van der Waals surface area contributed by atoms with Crippen LogP contribution in [0.3, 0.4) is 0 Å². The number of nitrogens with one attached hydrogen (secondary N) is 1. The minimum absolute atomic E-state index is 0.0550. The second kappa shape index (κ2) is 4.99. The number of nitrogens with zero attached hydrogens (tertiary/aromatic N) is 1. The van der Waals surface area contributed by atoms with Gasteiger partial charge in [-0.2, -0.15) is 5.10 Å². The summed E-state index contributed by atoms with van der Waals surface area (Å²) in [6.45, 7) is 0. The zero-order chi connectivity index (χ0) is 12.1. The molecule has 2 rings (SSSR count). The summed E-state index contributed by atoms with van der Waals surface area (Å²) >= 11 is 0. The van der Waals surface area contributed by atoms with Gasteiger partial charge < -0.3 is 5.73 Å². The smallest absolute Gasteiger partial charge is 0.229 e. The van der Waals surface area contributed by atoms with Crippen LogP contribution in [0.1, 0.15) is 12.0 Å². The van der Waals surface area contributed by atoms with Gasteiger partial charge in [0.15, 0.2) is 0 Å². The van der Waals surface area contributed by atoms with Gasteiger partial charge in [0, 0.05) is 5.56 Å². The van der Waals surface area contributed by atoms with Crippen LogP contribution in [0.5, 0.6) is 0 Å². The third-order valence-electron chi connectivity index (χ3n) is 2.19. The molecule has 4 nitrogen and oxygen atoms in total. The standard InChI is InChI=1S/C13H11N3O/c14-12(17)8-4-7-11-9-15-16-13(11)10-5-2-1-3-6-10/h1-3,5-6,9H,8H2,(H2,14,17)(H,15,16). The number of rotatable bonds is 2. The van der Waals surface area contributed by atoms with Crippen molar-refractivity contribution in [2.45, 2.75) is 6.42 Å². The molecule has 0 aliphatic carbocycles. The first-order valence-electron chi connectivity index (χ1n) is 5.13. The van der Waals surface area contributed by atoms with Crippen LogP contribution in [-0.2, 0) is 4.79 Å². The molecule has 0 spiro atoms. The molecule has 0 radical (unpaired) electrons. The summed E-state index contributed by atoms with van der Waals surface area (Å²) < 4.78 is 0. The van der Waals surface area contributed by atoms with Crippen molar-refractivity contribution in [1.29, 1.82) is 0 Å². The quantitative estimate of drug-likeness (QED) is 0.756. The van der Waals surface area contributed by atoms with E-state index in [2.05, 4.69) is 22.0 Å². The van der Waals surface area contributed by atoms with Crippen molar-refractivity contribution >= 4 is 5.91 Å². The van der Waals surface area contributed by atoms with E-state index in [4.69, 9.17) is 5.73 Å². The Labute approximate surface area is 98.8 Å². The van der Waals surface area contributed by atoms with Crippen LogP contribution in [0.2, 0.25) is 0 Å².